The molecular formula is C10H8BrCl2N3O2S. The number of nitrogens with zero attached hydrogens (tertiary/aromatic N) is 3. The summed E-state index contributed by atoms with van der Waals surface area (Å²) in [6, 6.07) is 5.18. The summed E-state index contributed by atoms with van der Waals surface area (Å²) >= 11 is 9.29. The summed E-state index contributed by atoms with van der Waals surface area (Å²) in [6.45, 7) is 2.15. The Hall–Kier alpha value is -0.630. The summed E-state index contributed by atoms with van der Waals surface area (Å²) in [5.41, 5.74) is 0.661. The van der Waals surface area contributed by atoms with Crippen LogP contribution in [0.1, 0.15) is 6.92 Å². The summed E-state index contributed by atoms with van der Waals surface area (Å²) in [5, 5.41) is 7.72. The Bertz CT molecular complexity index is 730. The summed E-state index contributed by atoms with van der Waals surface area (Å²) < 4.78 is 24.9. The van der Waals surface area contributed by atoms with Crippen molar-refractivity contribution in [2.24, 2.45) is 0 Å². The smallest absolute Gasteiger partial charge is 0.296 e. The Morgan fingerprint density at radius 2 is 2.05 bits per heavy atom. The van der Waals surface area contributed by atoms with Crippen LogP contribution in [0.15, 0.2) is 27.8 Å². The van der Waals surface area contributed by atoms with Gasteiger partial charge in [0.05, 0.1) is 5.02 Å². The second-order valence-corrected chi connectivity index (χ2v) is 7.34. The first kappa shape index (κ1) is 14.8. The molecule has 0 aliphatic rings. The van der Waals surface area contributed by atoms with Crippen molar-refractivity contribution < 1.29 is 8.42 Å². The van der Waals surface area contributed by atoms with Crippen LogP contribution >= 0.6 is 38.2 Å². The first-order valence-corrected chi connectivity index (χ1v) is 8.66. The Morgan fingerprint density at radius 1 is 1.37 bits per heavy atom. The maximum Gasteiger partial charge on any atom is 0.296 e. The van der Waals surface area contributed by atoms with Crippen molar-refractivity contribution in [3.8, 4) is 11.4 Å². The van der Waals surface area contributed by atoms with Crippen LogP contribution in [0.5, 0.6) is 0 Å². The predicted octanol–water partition coefficient (Wildman–Crippen LogP) is 3.31. The number of hydrogen-bond donors (Lipinski definition) is 0. The van der Waals surface area contributed by atoms with E-state index in [4.69, 9.17) is 22.3 Å². The highest BCUT2D eigenvalue weighted by molar-refractivity contribution is 9.10. The van der Waals surface area contributed by atoms with E-state index in [1.165, 1.54) is 4.57 Å². The van der Waals surface area contributed by atoms with Gasteiger partial charge in [0.25, 0.3) is 14.2 Å². The number of aromatic nitrogens is 3. The van der Waals surface area contributed by atoms with Gasteiger partial charge in [-0.15, -0.1) is 10.2 Å². The molecule has 0 unspecified atom stereocenters. The molecule has 0 bridgehead atoms. The van der Waals surface area contributed by atoms with Gasteiger partial charge in [-0.3, -0.25) is 4.57 Å². The minimum Gasteiger partial charge on any atom is -0.297 e. The molecule has 0 aliphatic heterocycles. The Morgan fingerprint density at radius 3 is 2.58 bits per heavy atom. The topological polar surface area (TPSA) is 64.8 Å². The molecule has 1 heterocycles. The molecular weight excluding hydrogens is 377 g/mol. The van der Waals surface area contributed by atoms with Gasteiger partial charge < -0.3 is 0 Å². The van der Waals surface area contributed by atoms with Crippen LogP contribution in [0.2, 0.25) is 5.02 Å². The van der Waals surface area contributed by atoms with E-state index in [1.807, 2.05) is 0 Å². The van der Waals surface area contributed by atoms with E-state index in [0.717, 1.165) is 4.47 Å². The number of hydrogen-bond acceptors (Lipinski definition) is 4. The molecule has 9 heteroatoms. The third-order valence-electron chi connectivity index (χ3n) is 2.43. The zero-order valence-electron chi connectivity index (χ0n) is 9.64. The normalized spacial score (nSPS) is 11.8. The van der Waals surface area contributed by atoms with Crippen LogP contribution in [0.25, 0.3) is 11.4 Å². The zero-order valence-corrected chi connectivity index (χ0v) is 13.6. The average molecular weight is 385 g/mol. The zero-order chi connectivity index (χ0) is 14.2. The second-order valence-electron chi connectivity index (χ2n) is 3.62. The van der Waals surface area contributed by atoms with Gasteiger partial charge in [-0.1, -0.05) is 11.6 Å². The number of benzene rings is 1. The van der Waals surface area contributed by atoms with Crippen molar-refractivity contribution >= 4 is 47.3 Å². The second kappa shape index (κ2) is 5.40. The molecule has 19 heavy (non-hydrogen) atoms. The minimum atomic E-state index is -3.93. The van der Waals surface area contributed by atoms with Gasteiger partial charge in [0.1, 0.15) is 0 Å². The van der Waals surface area contributed by atoms with Gasteiger partial charge in [0.2, 0.25) is 0 Å². The molecule has 102 valence electrons. The number of rotatable bonds is 3. The molecule has 0 spiro atoms. The van der Waals surface area contributed by atoms with Gasteiger partial charge in [-0.25, -0.2) is 8.42 Å². The number of halogens is 3. The third kappa shape index (κ3) is 2.94. The lowest BCUT2D eigenvalue weighted by Gasteiger charge is -2.06. The summed E-state index contributed by atoms with van der Waals surface area (Å²) in [4.78, 5) is 0. The lowest BCUT2D eigenvalue weighted by Crippen LogP contribution is -2.06. The van der Waals surface area contributed by atoms with Crippen molar-refractivity contribution in [3.05, 3.63) is 27.7 Å². The van der Waals surface area contributed by atoms with E-state index >= 15 is 0 Å². The summed E-state index contributed by atoms with van der Waals surface area (Å²) in [6.07, 6.45) is 0. The quantitative estimate of drug-likeness (QED) is 0.761. The van der Waals surface area contributed by atoms with Crippen LogP contribution in [0, 0.1) is 0 Å². The molecule has 0 saturated heterocycles. The van der Waals surface area contributed by atoms with E-state index in [9.17, 15) is 8.42 Å². The summed E-state index contributed by atoms with van der Waals surface area (Å²) in [7, 11) is 1.38. The molecule has 5 nitrogen and oxygen atoms in total. The van der Waals surface area contributed by atoms with Crippen molar-refractivity contribution in [3.63, 3.8) is 0 Å². The molecule has 1 aromatic carbocycles. The maximum absolute atomic E-state index is 11.4. The van der Waals surface area contributed by atoms with E-state index in [2.05, 4.69) is 26.1 Å². The summed E-state index contributed by atoms with van der Waals surface area (Å²) in [5.74, 6) is 0.399. The average Bonchev–Trinajstić information content (AvgIpc) is 2.76. The molecule has 0 N–H and O–H groups in total. The van der Waals surface area contributed by atoms with Gasteiger partial charge in [-0.05, 0) is 41.1 Å². The van der Waals surface area contributed by atoms with Crippen LogP contribution in [-0.4, -0.2) is 23.2 Å². The van der Waals surface area contributed by atoms with E-state index in [0.29, 0.717) is 23.0 Å². The highest BCUT2D eigenvalue weighted by Crippen LogP contribution is 2.29. The molecule has 2 rings (SSSR count). The van der Waals surface area contributed by atoms with Crippen LogP contribution < -0.4 is 0 Å². The fourth-order valence-corrected chi connectivity index (χ4v) is 2.99. The molecule has 0 fully saturated rings. The van der Waals surface area contributed by atoms with E-state index in [-0.39, 0.29) is 5.16 Å². The van der Waals surface area contributed by atoms with Crippen LogP contribution in [0.3, 0.4) is 0 Å². The molecule has 0 saturated carbocycles. The predicted molar refractivity (Wildman–Crippen MR) is 76.9 cm³/mol. The highest BCUT2D eigenvalue weighted by Gasteiger charge is 2.22. The van der Waals surface area contributed by atoms with Crippen molar-refractivity contribution in [1.82, 2.24) is 14.8 Å². The molecule has 1 aromatic heterocycles. The monoisotopic (exact) mass is 383 g/mol. The van der Waals surface area contributed by atoms with E-state index < -0.39 is 9.05 Å². The Kier molecular flexibility index (Phi) is 4.20. The van der Waals surface area contributed by atoms with Gasteiger partial charge in [0, 0.05) is 27.3 Å². The molecule has 2 aromatic rings. The van der Waals surface area contributed by atoms with Crippen molar-refractivity contribution in [2.45, 2.75) is 18.6 Å². The first-order valence-electron chi connectivity index (χ1n) is 5.18. The largest absolute Gasteiger partial charge is 0.297 e. The molecule has 0 radical (unpaired) electrons. The van der Waals surface area contributed by atoms with E-state index in [1.54, 1.807) is 25.1 Å². The van der Waals surface area contributed by atoms with Crippen LogP contribution in [0.4, 0.5) is 0 Å². The van der Waals surface area contributed by atoms with Crippen LogP contribution in [-0.2, 0) is 15.6 Å². The maximum atomic E-state index is 11.4. The SMILES string of the molecule is CCn1c(-c2ccc(Br)c(Cl)c2)nnc1S(=O)(=O)Cl. The van der Waals surface area contributed by atoms with Gasteiger partial charge in [0.15, 0.2) is 5.82 Å². The highest BCUT2D eigenvalue weighted by atomic mass is 79.9. The first-order chi connectivity index (χ1) is 8.84. The molecule has 0 atom stereocenters. The lowest BCUT2D eigenvalue weighted by atomic mass is 10.2. The Balaban J connectivity index is 2.63. The van der Waals surface area contributed by atoms with Gasteiger partial charge >= 0.3 is 0 Å². The molecule has 0 amide bonds. The van der Waals surface area contributed by atoms with Gasteiger partial charge in [-0.2, -0.15) is 0 Å². The fourth-order valence-electron chi connectivity index (χ4n) is 1.60. The molecule has 0 aliphatic carbocycles. The fraction of sp³-hybridized carbons (Fsp3) is 0.200. The minimum absolute atomic E-state index is 0.272. The van der Waals surface area contributed by atoms with Crippen molar-refractivity contribution in [2.75, 3.05) is 0 Å². The Labute approximate surface area is 128 Å². The standard InChI is InChI=1S/C10H8BrCl2N3O2S/c1-2-16-9(14-15-10(16)19(13,17)18)6-3-4-7(11)8(12)5-6/h3-5H,2H2,1H3. The third-order valence-corrected chi connectivity index (χ3v) is 4.81. The van der Waals surface area contributed by atoms with Crippen molar-refractivity contribution in [1.29, 1.82) is 0 Å². The lowest BCUT2D eigenvalue weighted by molar-refractivity contribution is 0.583.